The van der Waals surface area contributed by atoms with Crippen molar-refractivity contribution in [2.24, 2.45) is 0 Å². The number of carbonyl (C=O) groups is 1. The summed E-state index contributed by atoms with van der Waals surface area (Å²) in [5, 5.41) is 8.91. The summed E-state index contributed by atoms with van der Waals surface area (Å²) >= 11 is 0. The molecule has 19 heavy (non-hydrogen) atoms. The highest BCUT2D eigenvalue weighted by atomic mass is 32.2. The fourth-order valence-electron chi connectivity index (χ4n) is 1.95. The lowest BCUT2D eigenvalue weighted by Gasteiger charge is -2.25. The van der Waals surface area contributed by atoms with Crippen molar-refractivity contribution < 1.29 is 18.3 Å². The molecule has 106 valence electrons. The SMILES string of the molecule is CCC(CC)N(C)S(=O)(=O)c1cccc(C(=O)O)c1. The molecule has 0 aliphatic heterocycles. The van der Waals surface area contributed by atoms with Gasteiger partial charge in [0, 0.05) is 13.1 Å². The van der Waals surface area contributed by atoms with Crippen LogP contribution in [0.3, 0.4) is 0 Å². The molecule has 0 bridgehead atoms. The average Bonchev–Trinajstić information content (AvgIpc) is 2.40. The maximum absolute atomic E-state index is 12.4. The van der Waals surface area contributed by atoms with Gasteiger partial charge in [-0.1, -0.05) is 19.9 Å². The molecule has 0 aromatic heterocycles. The van der Waals surface area contributed by atoms with E-state index < -0.39 is 16.0 Å². The molecule has 0 spiro atoms. The van der Waals surface area contributed by atoms with E-state index in [1.54, 1.807) is 0 Å². The van der Waals surface area contributed by atoms with Crippen LogP contribution in [0.5, 0.6) is 0 Å². The minimum absolute atomic E-state index is 0.0156. The lowest BCUT2D eigenvalue weighted by molar-refractivity contribution is 0.0696. The van der Waals surface area contributed by atoms with Gasteiger partial charge < -0.3 is 5.11 Å². The zero-order valence-corrected chi connectivity index (χ0v) is 12.1. The molecule has 0 amide bonds. The second-order valence-corrected chi connectivity index (χ2v) is 6.32. The molecule has 0 atom stereocenters. The molecule has 0 saturated heterocycles. The van der Waals surface area contributed by atoms with Crippen molar-refractivity contribution in [1.82, 2.24) is 4.31 Å². The number of rotatable bonds is 6. The van der Waals surface area contributed by atoms with Gasteiger partial charge in [-0.25, -0.2) is 13.2 Å². The Balaban J connectivity index is 3.20. The van der Waals surface area contributed by atoms with E-state index in [4.69, 9.17) is 5.11 Å². The minimum Gasteiger partial charge on any atom is -0.478 e. The van der Waals surface area contributed by atoms with Crippen LogP contribution in [0.15, 0.2) is 29.2 Å². The standard InChI is InChI=1S/C13H19NO4S/c1-4-11(5-2)14(3)19(17,18)12-8-6-7-10(9-12)13(15)16/h6-9,11H,4-5H2,1-3H3,(H,15,16). The summed E-state index contributed by atoms with van der Waals surface area (Å²) in [6.07, 6.45) is 1.43. The topological polar surface area (TPSA) is 74.7 Å². The van der Waals surface area contributed by atoms with Crippen LogP contribution in [-0.4, -0.2) is 36.9 Å². The summed E-state index contributed by atoms with van der Waals surface area (Å²) in [5.41, 5.74) is -0.0287. The highest BCUT2D eigenvalue weighted by Crippen LogP contribution is 2.20. The average molecular weight is 285 g/mol. The van der Waals surface area contributed by atoms with Crippen LogP contribution in [0.2, 0.25) is 0 Å². The molecule has 0 radical (unpaired) electrons. The smallest absolute Gasteiger partial charge is 0.335 e. The molecular weight excluding hydrogens is 266 g/mol. The first-order chi connectivity index (χ1) is 8.84. The van der Waals surface area contributed by atoms with Crippen molar-refractivity contribution in [2.75, 3.05) is 7.05 Å². The number of aromatic carboxylic acids is 1. The van der Waals surface area contributed by atoms with Crippen LogP contribution in [0.1, 0.15) is 37.0 Å². The number of carboxylic acid groups (broad SMARTS) is 1. The molecule has 5 nitrogen and oxygen atoms in total. The highest BCUT2D eigenvalue weighted by Gasteiger charge is 2.26. The highest BCUT2D eigenvalue weighted by molar-refractivity contribution is 7.89. The first-order valence-electron chi connectivity index (χ1n) is 6.16. The molecule has 0 aliphatic rings. The van der Waals surface area contributed by atoms with Gasteiger partial charge in [0.2, 0.25) is 10.0 Å². The monoisotopic (exact) mass is 285 g/mol. The van der Waals surface area contributed by atoms with Crippen LogP contribution in [0, 0.1) is 0 Å². The van der Waals surface area contributed by atoms with Crippen LogP contribution in [0.25, 0.3) is 0 Å². The van der Waals surface area contributed by atoms with E-state index in [2.05, 4.69) is 0 Å². The molecule has 1 N–H and O–H groups in total. The molecular formula is C13H19NO4S. The van der Waals surface area contributed by atoms with E-state index in [1.807, 2.05) is 13.8 Å². The van der Waals surface area contributed by atoms with E-state index in [-0.39, 0.29) is 16.5 Å². The molecule has 0 heterocycles. The fourth-order valence-corrected chi connectivity index (χ4v) is 3.50. The van der Waals surface area contributed by atoms with Crippen molar-refractivity contribution >= 4 is 16.0 Å². The quantitative estimate of drug-likeness (QED) is 0.869. The molecule has 0 fully saturated rings. The van der Waals surface area contributed by atoms with Crippen molar-refractivity contribution in [2.45, 2.75) is 37.6 Å². The van der Waals surface area contributed by atoms with E-state index in [9.17, 15) is 13.2 Å². The van der Waals surface area contributed by atoms with E-state index in [0.29, 0.717) is 12.8 Å². The summed E-state index contributed by atoms with van der Waals surface area (Å²) in [6, 6.07) is 5.34. The van der Waals surface area contributed by atoms with E-state index in [1.165, 1.54) is 35.6 Å². The summed E-state index contributed by atoms with van der Waals surface area (Å²) in [6.45, 7) is 3.85. The number of benzene rings is 1. The van der Waals surface area contributed by atoms with Crippen molar-refractivity contribution in [3.05, 3.63) is 29.8 Å². The Labute approximate surface area is 113 Å². The number of carboxylic acids is 1. The summed E-state index contributed by atoms with van der Waals surface area (Å²) in [5.74, 6) is -1.14. The van der Waals surface area contributed by atoms with Gasteiger partial charge in [0.15, 0.2) is 0 Å². The van der Waals surface area contributed by atoms with Gasteiger partial charge in [0.1, 0.15) is 0 Å². The molecule has 0 aliphatic carbocycles. The number of hydrogen-bond acceptors (Lipinski definition) is 3. The largest absolute Gasteiger partial charge is 0.478 e. The maximum atomic E-state index is 12.4. The second kappa shape index (κ2) is 6.16. The molecule has 1 aromatic rings. The van der Waals surface area contributed by atoms with Crippen molar-refractivity contribution in [1.29, 1.82) is 0 Å². The van der Waals surface area contributed by atoms with Gasteiger partial charge in [-0.15, -0.1) is 0 Å². The lowest BCUT2D eigenvalue weighted by Crippen LogP contribution is -2.36. The van der Waals surface area contributed by atoms with Crippen LogP contribution < -0.4 is 0 Å². The normalized spacial score (nSPS) is 12.1. The second-order valence-electron chi connectivity index (χ2n) is 4.32. The number of nitrogens with zero attached hydrogens (tertiary/aromatic N) is 1. The van der Waals surface area contributed by atoms with Crippen LogP contribution in [0.4, 0.5) is 0 Å². The Morgan fingerprint density at radius 3 is 2.37 bits per heavy atom. The third kappa shape index (κ3) is 3.33. The van der Waals surface area contributed by atoms with Gasteiger partial charge in [0.05, 0.1) is 10.5 Å². The third-order valence-electron chi connectivity index (χ3n) is 3.21. The van der Waals surface area contributed by atoms with Crippen molar-refractivity contribution in [3.8, 4) is 0 Å². The van der Waals surface area contributed by atoms with Gasteiger partial charge in [-0.2, -0.15) is 4.31 Å². The Kier molecular flexibility index (Phi) is 5.08. The summed E-state index contributed by atoms with van der Waals surface area (Å²) in [7, 11) is -2.12. The number of hydrogen-bond donors (Lipinski definition) is 1. The summed E-state index contributed by atoms with van der Waals surface area (Å²) in [4.78, 5) is 10.9. The first kappa shape index (κ1) is 15.7. The minimum atomic E-state index is -3.65. The molecule has 0 unspecified atom stereocenters. The molecule has 1 aromatic carbocycles. The van der Waals surface area contributed by atoms with Gasteiger partial charge in [0.25, 0.3) is 0 Å². The summed E-state index contributed by atoms with van der Waals surface area (Å²) < 4.78 is 26.1. The van der Waals surface area contributed by atoms with Crippen LogP contribution in [-0.2, 0) is 10.0 Å². The van der Waals surface area contributed by atoms with Crippen molar-refractivity contribution in [3.63, 3.8) is 0 Å². The maximum Gasteiger partial charge on any atom is 0.335 e. The fraction of sp³-hybridized carbons (Fsp3) is 0.462. The first-order valence-corrected chi connectivity index (χ1v) is 7.60. The molecule has 1 rings (SSSR count). The molecule has 0 saturated carbocycles. The Bertz CT molecular complexity index is 550. The Morgan fingerprint density at radius 2 is 1.89 bits per heavy atom. The zero-order valence-electron chi connectivity index (χ0n) is 11.3. The van der Waals surface area contributed by atoms with E-state index >= 15 is 0 Å². The van der Waals surface area contributed by atoms with Crippen LogP contribution >= 0.6 is 0 Å². The lowest BCUT2D eigenvalue weighted by atomic mass is 10.2. The Morgan fingerprint density at radius 1 is 1.32 bits per heavy atom. The van der Waals surface area contributed by atoms with Gasteiger partial charge in [-0.3, -0.25) is 0 Å². The zero-order chi connectivity index (χ0) is 14.6. The molecule has 6 heteroatoms. The van der Waals surface area contributed by atoms with Gasteiger partial charge in [-0.05, 0) is 31.0 Å². The predicted octanol–water partition coefficient (Wildman–Crippen LogP) is 2.19. The number of sulfonamides is 1. The third-order valence-corrected chi connectivity index (χ3v) is 5.12. The Hall–Kier alpha value is -1.40. The van der Waals surface area contributed by atoms with E-state index in [0.717, 1.165) is 0 Å². The predicted molar refractivity (Wildman–Crippen MR) is 72.7 cm³/mol. The van der Waals surface area contributed by atoms with Gasteiger partial charge >= 0.3 is 5.97 Å².